The van der Waals surface area contributed by atoms with Crippen molar-refractivity contribution in [3.8, 4) is 11.3 Å². The van der Waals surface area contributed by atoms with Crippen molar-refractivity contribution < 1.29 is 4.79 Å². The smallest absolute Gasteiger partial charge is 0.257 e. The fourth-order valence-electron chi connectivity index (χ4n) is 2.75. The standard InChI is InChI=1S/C19H15N3OS/c1-12-21-18(11-24-12)14-7-3-5-9-17(14)22-19(23)15-10-20-16-8-4-2-6-13(15)16/h2-11,20H,1H3,(H,22,23). The monoisotopic (exact) mass is 333 g/mol. The average Bonchev–Trinajstić information content (AvgIpc) is 3.21. The van der Waals surface area contributed by atoms with Gasteiger partial charge in [-0.25, -0.2) is 4.98 Å². The summed E-state index contributed by atoms with van der Waals surface area (Å²) in [7, 11) is 0. The fraction of sp³-hybridized carbons (Fsp3) is 0.0526. The van der Waals surface area contributed by atoms with Gasteiger partial charge < -0.3 is 10.3 Å². The summed E-state index contributed by atoms with van der Waals surface area (Å²) in [6.45, 7) is 1.97. The van der Waals surface area contributed by atoms with Crippen LogP contribution in [-0.2, 0) is 0 Å². The van der Waals surface area contributed by atoms with Crippen LogP contribution in [0.1, 0.15) is 15.4 Å². The highest BCUT2D eigenvalue weighted by molar-refractivity contribution is 7.09. The SMILES string of the molecule is Cc1nc(-c2ccccc2NC(=O)c2c[nH]c3ccccc23)cs1. The first kappa shape index (κ1) is 14.7. The van der Waals surface area contributed by atoms with Crippen LogP contribution < -0.4 is 5.32 Å². The molecule has 0 aliphatic carbocycles. The van der Waals surface area contributed by atoms with Gasteiger partial charge in [0.05, 0.1) is 22.0 Å². The molecular weight excluding hydrogens is 318 g/mol. The number of aromatic nitrogens is 2. The highest BCUT2D eigenvalue weighted by atomic mass is 32.1. The summed E-state index contributed by atoms with van der Waals surface area (Å²) in [4.78, 5) is 20.4. The van der Waals surface area contributed by atoms with E-state index in [9.17, 15) is 4.79 Å². The number of amides is 1. The Hall–Kier alpha value is -2.92. The third-order valence-corrected chi connectivity index (χ3v) is 4.68. The van der Waals surface area contributed by atoms with Crippen molar-refractivity contribution in [3.05, 3.63) is 70.7 Å². The van der Waals surface area contributed by atoms with Crippen LogP contribution in [0.2, 0.25) is 0 Å². The Morgan fingerprint density at radius 3 is 2.75 bits per heavy atom. The highest BCUT2D eigenvalue weighted by Crippen LogP contribution is 2.29. The topological polar surface area (TPSA) is 57.8 Å². The normalized spacial score (nSPS) is 10.9. The lowest BCUT2D eigenvalue weighted by molar-refractivity contribution is 0.102. The van der Waals surface area contributed by atoms with Crippen LogP contribution in [0.25, 0.3) is 22.2 Å². The molecule has 24 heavy (non-hydrogen) atoms. The lowest BCUT2D eigenvalue weighted by Crippen LogP contribution is -2.12. The van der Waals surface area contributed by atoms with Crippen LogP contribution in [-0.4, -0.2) is 15.9 Å². The molecule has 1 amide bonds. The number of nitrogens with one attached hydrogen (secondary N) is 2. The van der Waals surface area contributed by atoms with E-state index in [0.717, 1.165) is 32.9 Å². The minimum Gasteiger partial charge on any atom is -0.360 e. The Balaban J connectivity index is 1.70. The molecule has 0 aliphatic heterocycles. The molecule has 0 spiro atoms. The summed E-state index contributed by atoms with van der Waals surface area (Å²) in [6.07, 6.45) is 1.75. The number of benzene rings is 2. The molecule has 2 N–H and O–H groups in total. The Kier molecular flexibility index (Phi) is 3.63. The third-order valence-electron chi connectivity index (χ3n) is 3.90. The summed E-state index contributed by atoms with van der Waals surface area (Å²) in [6, 6.07) is 15.5. The number of H-pyrrole nitrogens is 1. The number of hydrogen-bond acceptors (Lipinski definition) is 3. The molecule has 4 aromatic rings. The van der Waals surface area contributed by atoms with E-state index in [0.29, 0.717) is 5.56 Å². The molecule has 0 saturated carbocycles. The van der Waals surface area contributed by atoms with E-state index in [-0.39, 0.29) is 5.91 Å². The van der Waals surface area contributed by atoms with Crippen molar-refractivity contribution in [2.75, 3.05) is 5.32 Å². The predicted octanol–water partition coefficient (Wildman–Crippen LogP) is 4.85. The molecule has 0 unspecified atom stereocenters. The highest BCUT2D eigenvalue weighted by Gasteiger charge is 2.14. The minimum absolute atomic E-state index is 0.133. The number of aryl methyl sites for hydroxylation is 1. The van der Waals surface area contributed by atoms with Crippen LogP contribution in [0.3, 0.4) is 0 Å². The Morgan fingerprint density at radius 2 is 1.92 bits per heavy atom. The first-order valence-corrected chi connectivity index (χ1v) is 8.49. The van der Waals surface area contributed by atoms with Crippen molar-refractivity contribution in [2.24, 2.45) is 0 Å². The fourth-order valence-corrected chi connectivity index (χ4v) is 3.36. The predicted molar refractivity (Wildman–Crippen MR) is 98.5 cm³/mol. The second kappa shape index (κ2) is 5.94. The van der Waals surface area contributed by atoms with Crippen molar-refractivity contribution in [1.29, 1.82) is 0 Å². The van der Waals surface area contributed by atoms with Crippen LogP contribution >= 0.6 is 11.3 Å². The second-order valence-electron chi connectivity index (χ2n) is 5.50. The Labute approximate surface area is 143 Å². The number of carbonyl (C=O) groups is 1. The molecule has 0 fully saturated rings. The molecule has 2 aromatic heterocycles. The van der Waals surface area contributed by atoms with Crippen LogP contribution in [0, 0.1) is 6.92 Å². The molecule has 2 heterocycles. The minimum atomic E-state index is -0.133. The zero-order valence-corrected chi connectivity index (χ0v) is 13.9. The maximum Gasteiger partial charge on any atom is 0.257 e. The van der Waals surface area contributed by atoms with Gasteiger partial charge in [0.15, 0.2) is 0 Å². The number of aromatic amines is 1. The number of para-hydroxylation sites is 2. The third kappa shape index (κ3) is 2.59. The van der Waals surface area contributed by atoms with Gasteiger partial charge in [-0.3, -0.25) is 4.79 Å². The number of fused-ring (bicyclic) bond motifs is 1. The first-order valence-electron chi connectivity index (χ1n) is 7.61. The molecule has 118 valence electrons. The van der Waals surface area contributed by atoms with Gasteiger partial charge in [-0.05, 0) is 19.1 Å². The van der Waals surface area contributed by atoms with Gasteiger partial charge in [0.1, 0.15) is 0 Å². The van der Waals surface area contributed by atoms with Gasteiger partial charge in [0, 0.05) is 28.0 Å². The Bertz CT molecular complexity index is 1030. The van der Waals surface area contributed by atoms with E-state index in [1.807, 2.05) is 60.8 Å². The van der Waals surface area contributed by atoms with Crippen LogP contribution in [0.5, 0.6) is 0 Å². The molecule has 0 atom stereocenters. The average molecular weight is 333 g/mol. The molecule has 4 nitrogen and oxygen atoms in total. The molecular formula is C19H15N3OS. The lowest BCUT2D eigenvalue weighted by atomic mass is 10.1. The quantitative estimate of drug-likeness (QED) is 0.563. The maximum absolute atomic E-state index is 12.7. The van der Waals surface area contributed by atoms with Crippen molar-refractivity contribution in [2.45, 2.75) is 6.92 Å². The summed E-state index contributed by atoms with van der Waals surface area (Å²) in [5, 5.41) is 6.94. The number of anilines is 1. The second-order valence-corrected chi connectivity index (χ2v) is 6.56. The summed E-state index contributed by atoms with van der Waals surface area (Å²) in [5.74, 6) is -0.133. The van der Waals surface area contributed by atoms with Gasteiger partial charge in [-0.15, -0.1) is 11.3 Å². The van der Waals surface area contributed by atoms with E-state index in [1.165, 1.54) is 0 Å². The van der Waals surface area contributed by atoms with Crippen LogP contribution in [0.4, 0.5) is 5.69 Å². The van der Waals surface area contributed by atoms with Gasteiger partial charge in [-0.1, -0.05) is 36.4 Å². The van der Waals surface area contributed by atoms with Crippen molar-refractivity contribution in [3.63, 3.8) is 0 Å². The van der Waals surface area contributed by atoms with E-state index in [4.69, 9.17) is 0 Å². The van der Waals surface area contributed by atoms with Crippen LogP contribution in [0.15, 0.2) is 60.1 Å². The van der Waals surface area contributed by atoms with Gasteiger partial charge in [0.2, 0.25) is 0 Å². The van der Waals surface area contributed by atoms with Gasteiger partial charge in [0.25, 0.3) is 5.91 Å². The zero-order valence-electron chi connectivity index (χ0n) is 13.0. The number of carbonyl (C=O) groups excluding carboxylic acids is 1. The van der Waals surface area contributed by atoms with Crippen molar-refractivity contribution >= 4 is 33.8 Å². The number of thiazole rings is 1. The number of nitrogens with zero attached hydrogens (tertiary/aromatic N) is 1. The van der Waals surface area contributed by atoms with Crippen molar-refractivity contribution in [1.82, 2.24) is 9.97 Å². The van der Waals surface area contributed by atoms with E-state index in [1.54, 1.807) is 17.5 Å². The Morgan fingerprint density at radius 1 is 1.12 bits per heavy atom. The lowest BCUT2D eigenvalue weighted by Gasteiger charge is -2.09. The molecule has 0 aliphatic rings. The van der Waals surface area contributed by atoms with E-state index < -0.39 is 0 Å². The number of rotatable bonds is 3. The summed E-state index contributed by atoms with van der Waals surface area (Å²) in [5.41, 5.74) is 4.15. The number of hydrogen-bond donors (Lipinski definition) is 2. The molecule has 0 bridgehead atoms. The molecule has 0 radical (unpaired) electrons. The van der Waals surface area contributed by atoms with Gasteiger partial charge >= 0.3 is 0 Å². The molecule has 2 aromatic carbocycles. The molecule has 0 saturated heterocycles. The summed E-state index contributed by atoms with van der Waals surface area (Å²) >= 11 is 1.60. The molecule has 5 heteroatoms. The zero-order chi connectivity index (χ0) is 16.5. The first-order chi connectivity index (χ1) is 11.7. The van der Waals surface area contributed by atoms with Gasteiger partial charge in [-0.2, -0.15) is 0 Å². The maximum atomic E-state index is 12.7. The summed E-state index contributed by atoms with van der Waals surface area (Å²) < 4.78 is 0. The van der Waals surface area contributed by atoms with E-state index >= 15 is 0 Å². The largest absolute Gasteiger partial charge is 0.360 e. The van der Waals surface area contributed by atoms with E-state index in [2.05, 4.69) is 15.3 Å². The molecule has 4 rings (SSSR count).